The molecule has 3 aromatic rings. The summed E-state index contributed by atoms with van der Waals surface area (Å²) in [7, 11) is 0. The molecule has 0 aliphatic rings. The summed E-state index contributed by atoms with van der Waals surface area (Å²) in [6.45, 7) is 3.22. The van der Waals surface area contributed by atoms with Crippen molar-refractivity contribution in [3.05, 3.63) is 83.6 Å². The van der Waals surface area contributed by atoms with Crippen molar-refractivity contribution in [2.45, 2.75) is 13.8 Å². The fourth-order valence-electron chi connectivity index (χ4n) is 2.30. The van der Waals surface area contributed by atoms with Gasteiger partial charge in [0.2, 0.25) is 5.95 Å². The summed E-state index contributed by atoms with van der Waals surface area (Å²) in [5.74, 6) is 0.321. The molecule has 0 bridgehead atoms. The van der Waals surface area contributed by atoms with Crippen LogP contribution in [0.1, 0.15) is 18.2 Å². The molecule has 0 saturated carbocycles. The molecule has 0 aliphatic heterocycles. The molecule has 0 radical (unpaired) electrons. The van der Waals surface area contributed by atoms with Crippen molar-refractivity contribution in [2.75, 3.05) is 5.32 Å². The van der Waals surface area contributed by atoms with Gasteiger partial charge in [-0.3, -0.25) is 4.79 Å². The topological polar surface area (TPSA) is 64.1 Å². The molecule has 0 amide bonds. The molecule has 1 aromatic heterocycles. The summed E-state index contributed by atoms with van der Waals surface area (Å²) in [5, 5.41) is 3.12. The van der Waals surface area contributed by atoms with Gasteiger partial charge in [-0.1, -0.05) is 18.2 Å². The number of aromatic nitrogens is 2. The minimum absolute atomic E-state index is 0.122. The second-order valence-corrected chi connectivity index (χ2v) is 5.85. The number of rotatable bonds is 6. The first kappa shape index (κ1) is 18.3. The van der Waals surface area contributed by atoms with Crippen LogP contribution in [0, 0.1) is 12.7 Å². The highest BCUT2D eigenvalue weighted by Crippen LogP contribution is 2.19. The smallest absolute Gasteiger partial charge is 0.227 e. The van der Waals surface area contributed by atoms with Gasteiger partial charge in [-0.15, -0.1) is 0 Å². The van der Waals surface area contributed by atoms with Gasteiger partial charge < -0.3 is 10.1 Å². The molecular weight excluding hydrogens is 345 g/mol. The van der Waals surface area contributed by atoms with E-state index in [1.54, 1.807) is 12.3 Å². The summed E-state index contributed by atoms with van der Waals surface area (Å²) >= 11 is 0. The van der Waals surface area contributed by atoms with E-state index in [1.165, 1.54) is 31.2 Å². The number of ketones is 1. The molecule has 1 N–H and O–H groups in total. The number of benzene rings is 2. The van der Waals surface area contributed by atoms with Crippen LogP contribution in [0.5, 0.6) is 5.75 Å². The Bertz CT molecular complexity index is 970. The summed E-state index contributed by atoms with van der Waals surface area (Å²) in [6.07, 6.45) is 3.19. The van der Waals surface area contributed by atoms with Crippen LogP contribution in [0.3, 0.4) is 0 Å². The van der Waals surface area contributed by atoms with Crippen LogP contribution < -0.4 is 10.1 Å². The van der Waals surface area contributed by atoms with E-state index in [1.807, 2.05) is 37.3 Å². The number of aryl methyl sites for hydroxylation is 1. The number of carbonyl (C=O) groups is 1. The highest BCUT2D eigenvalue weighted by molar-refractivity contribution is 5.96. The number of hydrogen-bond acceptors (Lipinski definition) is 5. The number of anilines is 2. The van der Waals surface area contributed by atoms with Crippen molar-refractivity contribution < 1.29 is 13.9 Å². The Morgan fingerprint density at radius 3 is 2.44 bits per heavy atom. The lowest BCUT2D eigenvalue weighted by atomic mass is 10.2. The summed E-state index contributed by atoms with van der Waals surface area (Å²) in [6, 6.07) is 15.0. The van der Waals surface area contributed by atoms with Gasteiger partial charge in [-0.2, -0.15) is 0 Å². The first-order chi connectivity index (χ1) is 13.0. The molecular formula is C21H18FN3O2. The van der Waals surface area contributed by atoms with E-state index in [9.17, 15) is 9.18 Å². The van der Waals surface area contributed by atoms with E-state index >= 15 is 0 Å². The van der Waals surface area contributed by atoms with Crippen LogP contribution in [-0.4, -0.2) is 15.8 Å². The number of nitrogens with one attached hydrogen (secondary N) is 1. The quantitative estimate of drug-likeness (QED) is 0.509. The molecule has 2 aromatic carbocycles. The number of carbonyl (C=O) groups excluding carboxylic acids is 1. The number of ether oxygens (including phenoxy) is 1. The first-order valence-corrected chi connectivity index (χ1v) is 8.33. The van der Waals surface area contributed by atoms with Gasteiger partial charge in [0.1, 0.15) is 11.6 Å². The molecule has 3 rings (SSSR count). The lowest BCUT2D eigenvalue weighted by Crippen LogP contribution is -2.06. The number of halogens is 1. The summed E-state index contributed by atoms with van der Waals surface area (Å²) < 4.78 is 18.6. The highest BCUT2D eigenvalue weighted by atomic mass is 19.1. The standard InChI is InChI=1S/C21H18FN3O2/c1-14-16(13-23-21(24-14)25-18-6-4-3-5-7-18)12-20(15(2)26)27-19-10-8-17(22)9-11-19/h3-13H,1-2H3,(H,23,24,25)/b20-12+. The van der Waals surface area contributed by atoms with Gasteiger partial charge in [-0.25, -0.2) is 14.4 Å². The molecule has 136 valence electrons. The van der Waals surface area contributed by atoms with Crippen LogP contribution in [0.4, 0.5) is 16.0 Å². The monoisotopic (exact) mass is 363 g/mol. The number of nitrogens with zero attached hydrogens (tertiary/aromatic N) is 2. The van der Waals surface area contributed by atoms with Gasteiger partial charge in [0.25, 0.3) is 0 Å². The van der Waals surface area contributed by atoms with Gasteiger partial charge in [0.05, 0.1) is 5.69 Å². The zero-order chi connectivity index (χ0) is 19.2. The lowest BCUT2D eigenvalue weighted by Gasteiger charge is -2.09. The van der Waals surface area contributed by atoms with Crippen LogP contribution in [0.15, 0.2) is 66.6 Å². The second-order valence-electron chi connectivity index (χ2n) is 5.85. The van der Waals surface area contributed by atoms with E-state index in [2.05, 4.69) is 15.3 Å². The molecule has 27 heavy (non-hydrogen) atoms. The predicted molar refractivity (Wildman–Crippen MR) is 102 cm³/mol. The largest absolute Gasteiger partial charge is 0.454 e. The maximum absolute atomic E-state index is 13.0. The van der Waals surface area contributed by atoms with E-state index in [-0.39, 0.29) is 17.4 Å². The Morgan fingerprint density at radius 1 is 1.11 bits per heavy atom. The Balaban J connectivity index is 1.82. The molecule has 1 heterocycles. The van der Waals surface area contributed by atoms with Crippen molar-refractivity contribution in [1.82, 2.24) is 9.97 Å². The van der Waals surface area contributed by atoms with Crippen LogP contribution in [0.25, 0.3) is 6.08 Å². The zero-order valence-corrected chi connectivity index (χ0v) is 14.9. The lowest BCUT2D eigenvalue weighted by molar-refractivity contribution is -0.115. The minimum atomic E-state index is -0.374. The molecule has 0 spiro atoms. The fourth-order valence-corrected chi connectivity index (χ4v) is 2.30. The maximum Gasteiger partial charge on any atom is 0.227 e. The van der Waals surface area contributed by atoms with Gasteiger partial charge in [0.15, 0.2) is 11.5 Å². The summed E-state index contributed by atoms with van der Waals surface area (Å²) in [4.78, 5) is 20.6. The third-order valence-corrected chi connectivity index (χ3v) is 3.72. The van der Waals surface area contributed by atoms with Gasteiger partial charge >= 0.3 is 0 Å². The number of para-hydroxylation sites is 1. The average molecular weight is 363 g/mol. The molecule has 0 saturated heterocycles. The van der Waals surface area contributed by atoms with Crippen molar-refractivity contribution in [1.29, 1.82) is 0 Å². The average Bonchev–Trinajstić information content (AvgIpc) is 2.65. The minimum Gasteiger partial charge on any atom is -0.454 e. The Kier molecular flexibility index (Phi) is 5.56. The zero-order valence-electron chi connectivity index (χ0n) is 14.9. The maximum atomic E-state index is 13.0. The Morgan fingerprint density at radius 2 is 1.81 bits per heavy atom. The molecule has 0 fully saturated rings. The SMILES string of the molecule is CC(=O)/C(=C\c1cnc(Nc2ccccc2)nc1C)Oc1ccc(F)cc1. The van der Waals surface area contributed by atoms with Gasteiger partial charge in [0, 0.05) is 24.4 Å². The third kappa shape index (κ3) is 4.98. The Labute approximate surface area is 156 Å². The van der Waals surface area contributed by atoms with Crippen molar-refractivity contribution in [2.24, 2.45) is 0 Å². The first-order valence-electron chi connectivity index (χ1n) is 8.33. The van der Waals surface area contributed by atoms with Crippen molar-refractivity contribution in [3.8, 4) is 5.75 Å². The van der Waals surface area contributed by atoms with Crippen molar-refractivity contribution >= 4 is 23.5 Å². The predicted octanol–water partition coefficient (Wildman–Crippen LogP) is 4.68. The molecule has 0 aliphatic carbocycles. The van der Waals surface area contributed by atoms with Crippen LogP contribution in [-0.2, 0) is 4.79 Å². The number of allylic oxidation sites excluding steroid dienone is 1. The van der Waals surface area contributed by atoms with E-state index in [4.69, 9.17) is 4.74 Å². The molecule has 5 nitrogen and oxygen atoms in total. The normalized spacial score (nSPS) is 11.1. The van der Waals surface area contributed by atoms with E-state index in [0.717, 1.165) is 5.69 Å². The second kappa shape index (κ2) is 8.23. The molecule has 0 atom stereocenters. The number of Topliss-reactive ketones (excluding diaryl/α,β-unsaturated/α-hetero) is 1. The molecule has 0 unspecified atom stereocenters. The highest BCUT2D eigenvalue weighted by Gasteiger charge is 2.10. The van der Waals surface area contributed by atoms with E-state index in [0.29, 0.717) is 23.0 Å². The van der Waals surface area contributed by atoms with Crippen LogP contribution in [0.2, 0.25) is 0 Å². The van der Waals surface area contributed by atoms with Crippen LogP contribution >= 0.6 is 0 Å². The Hall–Kier alpha value is -3.54. The van der Waals surface area contributed by atoms with E-state index < -0.39 is 0 Å². The summed E-state index contributed by atoms with van der Waals surface area (Å²) in [5.41, 5.74) is 2.22. The number of hydrogen-bond donors (Lipinski definition) is 1. The third-order valence-electron chi connectivity index (χ3n) is 3.72. The molecule has 6 heteroatoms. The van der Waals surface area contributed by atoms with Crippen molar-refractivity contribution in [3.63, 3.8) is 0 Å². The fraction of sp³-hybridized carbons (Fsp3) is 0.0952. The van der Waals surface area contributed by atoms with Gasteiger partial charge in [-0.05, 0) is 49.4 Å².